The van der Waals surface area contributed by atoms with Crippen LogP contribution in [-0.2, 0) is 6.42 Å². The first-order valence-electron chi connectivity index (χ1n) is 7.08. The first-order chi connectivity index (χ1) is 11.0. The summed E-state index contributed by atoms with van der Waals surface area (Å²) in [5.74, 6) is 0. The lowest BCUT2D eigenvalue weighted by Crippen LogP contribution is -2.19. The zero-order valence-electron chi connectivity index (χ0n) is 12.4. The van der Waals surface area contributed by atoms with Crippen LogP contribution in [0.15, 0.2) is 57.9 Å². The quantitative estimate of drug-likeness (QED) is 0.734. The summed E-state index contributed by atoms with van der Waals surface area (Å²) in [7, 11) is 0. The van der Waals surface area contributed by atoms with Crippen LogP contribution in [0.2, 0.25) is 0 Å². The molecule has 1 aromatic heterocycles. The minimum atomic E-state index is -1.10. The van der Waals surface area contributed by atoms with Gasteiger partial charge in [0.1, 0.15) is 0 Å². The van der Waals surface area contributed by atoms with Crippen LogP contribution in [0, 0.1) is 6.92 Å². The molecule has 0 radical (unpaired) electrons. The molecule has 0 aliphatic carbocycles. The van der Waals surface area contributed by atoms with E-state index in [2.05, 4.69) is 15.9 Å². The van der Waals surface area contributed by atoms with E-state index in [4.69, 9.17) is 0 Å². The van der Waals surface area contributed by atoms with Crippen molar-refractivity contribution >= 4 is 32.9 Å². The molecule has 0 fully saturated rings. The third-order valence-corrected chi connectivity index (χ3v) is 4.28. The number of rotatable bonds is 2. The SMILES string of the molecule is Cc1ccc2c(c1)c(=O)c(Cc1ccc(Br)cc1)cn2C(=O)O. The lowest BCUT2D eigenvalue weighted by atomic mass is 10.0. The smallest absolute Gasteiger partial charge is 0.416 e. The first kappa shape index (κ1) is 15.5. The van der Waals surface area contributed by atoms with Crippen LogP contribution < -0.4 is 5.43 Å². The second-order valence-corrected chi connectivity index (χ2v) is 6.38. The van der Waals surface area contributed by atoms with Crippen molar-refractivity contribution in [2.45, 2.75) is 13.3 Å². The number of hydrogen-bond donors (Lipinski definition) is 1. The Bertz CT molecular complexity index is 958. The topological polar surface area (TPSA) is 59.3 Å². The zero-order chi connectivity index (χ0) is 16.6. The third kappa shape index (κ3) is 3.05. The third-order valence-electron chi connectivity index (χ3n) is 3.75. The van der Waals surface area contributed by atoms with E-state index in [1.165, 1.54) is 6.20 Å². The average molecular weight is 372 g/mol. The molecule has 1 N–H and O–H groups in total. The Morgan fingerprint density at radius 1 is 1.17 bits per heavy atom. The van der Waals surface area contributed by atoms with Crippen molar-refractivity contribution in [3.05, 3.63) is 80.0 Å². The highest BCUT2D eigenvalue weighted by Crippen LogP contribution is 2.17. The van der Waals surface area contributed by atoms with E-state index in [1.807, 2.05) is 31.2 Å². The summed E-state index contributed by atoms with van der Waals surface area (Å²) in [6.07, 6.45) is 0.712. The molecule has 0 spiro atoms. The first-order valence-corrected chi connectivity index (χ1v) is 7.87. The molecule has 3 rings (SSSR count). The van der Waals surface area contributed by atoms with Crippen molar-refractivity contribution in [1.82, 2.24) is 4.57 Å². The molecule has 0 unspecified atom stereocenters. The average Bonchev–Trinajstić information content (AvgIpc) is 2.52. The maximum Gasteiger partial charge on any atom is 0.416 e. The van der Waals surface area contributed by atoms with Gasteiger partial charge in [-0.2, -0.15) is 0 Å². The highest BCUT2D eigenvalue weighted by atomic mass is 79.9. The number of aryl methyl sites for hydroxylation is 1. The van der Waals surface area contributed by atoms with Gasteiger partial charge < -0.3 is 5.11 Å². The standard InChI is InChI=1S/C18H14BrNO3/c1-11-2-7-16-15(8-11)17(21)13(10-20(16)18(22)23)9-12-3-5-14(19)6-4-12/h2-8,10H,9H2,1H3,(H,22,23). The fourth-order valence-corrected chi connectivity index (χ4v) is 2.87. The van der Waals surface area contributed by atoms with E-state index in [1.54, 1.807) is 18.2 Å². The van der Waals surface area contributed by atoms with Crippen LogP contribution in [0.1, 0.15) is 16.7 Å². The molecule has 0 saturated carbocycles. The molecule has 4 nitrogen and oxygen atoms in total. The Labute approximate surface area is 141 Å². The van der Waals surface area contributed by atoms with E-state index >= 15 is 0 Å². The maximum absolute atomic E-state index is 12.7. The summed E-state index contributed by atoms with van der Waals surface area (Å²) >= 11 is 3.37. The van der Waals surface area contributed by atoms with Crippen molar-refractivity contribution in [3.63, 3.8) is 0 Å². The molecule has 0 atom stereocenters. The van der Waals surface area contributed by atoms with E-state index in [-0.39, 0.29) is 5.43 Å². The highest BCUT2D eigenvalue weighted by Gasteiger charge is 2.13. The van der Waals surface area contributed by atoms with Crippen molar-refractivity contribution in [2.75, 3.05) is 0 Å². The van der Waals surface area contributed by atoms with Crippen molar-refractivity contribution in [2.24, 2.45) is 0 Å². The van der Waals surface area contributed by atoms with Crippen molar-refractivity contribution in [3.8, 4) is 0 Å². The molecule has 0 aliphatic heterocycles. The summed E-state index contributed by atoms with van der Waals surface area (Å²) in [5.41, 5.74) is 2.63. The number of hydrogen-bond acceptors (Lipinski definition) is 2. The number of carboxylic acid groups (broad SMARTS) is 1. The maximum atomic E-state index is 12.7. The number of benzene rings is 2. The van der Waals surface area contributed by atoms with Gasteiger partial charge in [0, 0.05) is 28.0 Å². The molecule has 0 amide bonds. The van der Waals surface area contributed by atoms with Gasteiger partial charge in [0.25, 0.3) is 0 Å². The van der Waals surface area contributed by atoms with E-state index in [0.29, 0.717) is 22.9 Å². The van der Waals surface area contributed by atoms with Crippen molar-refractivity contribution in [1.29, 1.82) is 0 Å². The molecule has 1 heterocycles. The van der Waals surface area contributed by atoms with Gasteiger partial charge in [-0.25, -0.2) is 4.79 Å². The number of aromatic nitrogens is 1. The number of nitrogens with zero attached hydrogens (tertiary/aromatic N) is 1. The Kier molecular flexibility index (Phi) is 4.05. The zero-order valence-corrected chi connectivity index (χ0v) is 14.0. The molecule has 116 valence electrons. The number of pyridine rings is 1. The van der Waals surface area contributed by atoms with Gasteiger partial charge in [-0.3, -0.25) is 9.36 Å². The van der Waals surface area contributed by atoms with E-state index < -0.39 is 6.09 Å². The molecule has 5 heteroatoms. The summed E-state index contributed by atoms with van der Waals surface area (Å²) in [6.45, 7) is 1.88. The van der Waals surface area contributed by atoms with Crippen LogP contribution in [0.3, 0.4) is 0 Å². The van der Waals surface area contributed by atoms with Crippen LogP contribution in [0.5, 0.6) is 0 Å². The predicted octanol–water partition coefficient (Wildman–Crippen LogP) is 4.19. The molecule has 0 saturated heterocycles. The Morgan fingerprint density at radius 2 is 1.87 bits per heavy atom. The van der Waals surface area contributed by atoms with Crippen LogP contribution in [0.4, 0.5) is 4.79 Å². The molecule has 2 aromatic carbocycles. The Hall–Kier alpha value is -2.40. The highest BCUT2D eigenvalue weighted by molar-refractivity contribution is 9.10. The fraction of sp³-hybridized carbons (Fsp3) is 0.111. The minimum absolute atomic E-state index is 0.121. The van der Waals surface area contributed by atoms with E-state index in [0.717, 1.165) is 20.2 Å². The second-order valence-electron chi connectivity index (χ2n) is 5.46. The summed E-state index contributed by atoms with van der Waals surface area (Å²) < 4.78 is 2.07. The minimum Gasteiger partial charge on any atom is -0.464 e. The predicted molar refractivity (Wildman–Crippen MR) is 93.3 cm³/mol. The van der Waals surface area contributed by atoms with Crippen LogP contribution in [0.25, 0.3) is 10.9 Å². The Balaban J connectivity index is 2.20. The van der Waals surface area contributed by atoms with Crippen LogP contribution in [-0.4, -0.2) is 15.8 Å². The van der Waals surface area contributed by atoms with Gasteiger partial charge in [-0.05, 0) is 36.8 Å². The number of halogens is 1. The number of fused-ring (bicyclic) bond motifs is 1. The van der Waals surface area contributed by atoms with Gasteiger partial charge >= 0.3 is 6.09 Å². The molecule has 0 aliphatic rings. The molecular weight excluding hydrogens is 358 g/mol. The van der Waals surface area contributed by atoms with Gasteiger partial charge in [-0.15, -0.1) is 0 Å². The second kappa shape index (κ2) is 6.01. The largest absolute Gasteiger partial charge is 0.464 e. The van der Waals surface area contributed by atoms with Gasteiger partial charge in [0.2, 0.25) is 0 Å². The van der Waals surface area contributed by atoms with Gasteiger partial charge in [0.05, 0.1) is 5.52 Å². The molecule has 0 bridgehead atoms. The summed E-state index contributed by atoms with van der Waals surface area (Å²) in [5, 5.41) is 9.86. The fourth-order valence-electron chi connectivity index (χ4n) is 2.61. The molecule has 3 aromatic rings. The van der Waals surface area contributed by atoms with Gasteiger partial charge in [-0.1, -0.05) is 39.7 Å². The monoisotopic (exact) mass is 371 g/mol. The Morgan fingerprint density at radius 3 is 2.52 bits per heavy atom. The van der Waals surface area contributed by atoms with Crippen LogP contribution >= 0.6 is 15.9 Å². The van der Waals surface area contributed by atoms with E-state index in [9.17, 15) is 14.7 Å². The summed E-state index contributed by atoms with van der Waals surface area (Å²) in [4.78, 5) is 24.2. The molecular formula is C18H14BrNO3. The normalized spacial score (nSPS) is 10.9. The summed E-state index contributed by atoms with van der Waals surface area (Å²) in [6, 6.07) is 12.8. The van der Waals surface area contributed by atoms with Gasteiger partial charge in [0.15, 0.2) is 5.43 Å². The molecule has 23 heavy (non-hydrogen) atoms. The van der Waals surface area contributed by atoms with Crippen molar-refractivity contribution < 1.29 is 9.90 Å². The number of carbonyl (C=O) groups is 1. The lowest BCUT2D eigenvalue weighted by Gasteiger charge is -2.10. The lowest BCUT2D eigenvalue weighted by molar-refractivity contribution is 0.197.